The van der Waals surface area contributed by atoms with E-state index in [1.54, 1.807) is 7.11 Å². The third kappa shape index (κ3) is 5.28. The first kappa shape index (κ1) is 22.0. The molecule has 0 unspecified atom stereocenters. The van der Waals surface area contributed by atoms with Gasteiger partial charge in [0.2, 0.25) is 5.91 Å². The molecule has 1 saturated carbocycles. The Morgan fingerprint density at radius 2 is 1.63 bits per heavy atom. The van der Waals surface area contributed by atoms with Crippen LogP contribution in [0.25, 0.3) is 0 Å². The molecule has 0 aromatic heterocycles. The molecule has 1 aliphatic rings. The van der Waals surface area contributed by atoms with Gasteiger partial charge in [0.1, 0.15) is 0 Å². The Hall–Kier alpha value is -2.66. The van der Waals surface area contributed by atoms with E-state index in [1.807, 2.05) is 55.5 Å². The fourth-order valence-corrected chi connectivity index (χ4v) is 4.17. The summed E-state index contributed by atoms with van der Waals surface area (Å²) in [7, 11) is 1.67. The van der Waals surface area contributed by atoms with Gasteiger partial charge in [-0.1, -0.05) is 49.1 Å². The van der Waals surface area contributed by atoms with E-state index >= 15 is 0 Å². The number of hydrogen-bond donors (Lipinski definition) is 2. The van der Waals surface area contributed by atoms with E-state index in [4.69, 9.17) is 4.74 Å². The number of anilines is 1. The third-order valence-electron chi connectivity index (χ3n) is 5.96. The van der Waals surface area contributed by atoms with Gasteiger partial charge in [-0.05, 0) is 56.0 Å². The van der Waals surface area contributed by atoms with Crippen molar-refractivity contribution in [3.05, 3.63) is 65.2 Å². The molecule has 2 aromatic carbocycles. The average molecular weight is 409 g/mol. The van der Waals surface area contributed by atoms with Crippen molar-refractivity contribution >= 4 is 17.5 Å². The number of nitrogens with one attached hydrogen (secondary N) is 2. The Morgan fingerprint density at radius 1 is 0.967 bits per heavy atom. The number of carbonyl (C=O) groups excluding carboxylic acids is 2. The fourth-order valence-electron chi connectivity index (χ4n) is 4.17. The second kappa shape index (κ2) is 10.4. The zero-order chi connectivity index (χ0) is 21.4. The van der Waals surface area contributed by atoms with Crippen molar-refractivity contribution in [2.24, 2.45) is 0 Å². The number of amides is 2. The molecule has 5 nitrogen and oxygen atoms in total. The van der Waals surface area contributed by atoms with E-state index in [-0.39, 0.29) is 11.8 Å². The molecule has 2 amide bonds. The predicted molar refractivity (Wildman–Crippen MR) is 120 cm³/mol. The van der Waals surface area contributed by atoms with Crippen molar-refractivity contribution in [2.75, 3.05) is 25.6 Å². The molecule has 0 bridgehead atoms. The van der Waals surface area contributed by atoms with Gasteiger partial charge in [0, 0.05) is 31.5 Å². The van der Waals surface area contributed by atoms with Crippen molar-refractivity contribution in [1.82, 2.24) is 5.32 Å². The SMILES string of the molecule is COCCCNC(=O)C1(c2ccc(NC(=O)c3ccc(C)cc3)cc2)CCCCC1. The molecule has 2 N–H and O–H groups in total. The van der Waals surface area contributed by atoms with Crippen LogP contribution in [0.4, 0.5) is 5.69 Å². The van der Waals surface area contributed by atoms with Crippen LogP contribution in [0.3, 0.4) is 0 Å². The smallest absolute Gasteiger partial charge is 0.255 e. The maximum absolute atomic E-state index is 13.1. The standard InChI is InChI=1S/C25H32N2O3/c1-19-7-9-20(10-8-19)23(28)27-22-13-11-21(12-14-22)25(15-4-3-5-16-25)24(29)26-17-6-18-30-2/h7-14H,3-6,15-18H2,1-2H3,(H,26,29)(H,27,28). The van der Waals surface area contributed by atoms with Crippen LogP contribution in [-0.2, 0) is 14.9 Å². The number of carbonyl (C=O) groups is 2. The van der Waals surface area contributed by atoms with Crippen molar-refractivity contribution in [3.8, 4) is 0 Å². The van der Waals surface area contributed by atoms with Gasteiger partial charge in [0.25, 0.3) is 5.91 Å². The summed E-state index contributed by atoms with van der Waals surface area (Å²) in [5.74, 6) is -0.0271. The highest BCUT2D eigenvalue weighted by Crippen LogP contribution is 2.40. The molecule has 0 radical (unpaired) electrons. The fraction of sp³-hybridized carbons (Fsp3) is 0.440. The van der Waals surface area contributed by atoms with Crippen LogP contribution in [0, 0.1) is 6.92 Å². The van der Waals surface area contributed by atoms with E-state index in [2.05, 4.69) is 10.6 Å². The second-order valence-electron chi connectivity index (χ2n) is 8.14. The highest BCUT2D eigenvalue weighted by Gasteiger charge is 2.40. The van der Waals surface area contributed by atoms with Crippen LogP contribution in [-0.4, -0.2) is 32.1 Å². The number of hydrogen-bond acceptors (Lipinski definition) is 3. The largest absolute Gasteiger partial charge is 0.385 e. The lowest BCUT2D eigenvalue weighted by Crippen LogP contribution is -2.46. The lowest BCUT2D eigenvalue weighted by Gasteiger charge is -2.36. The molecule has 0 aliphatic heterocycles. The highest BCUT2D eigenvalue weighted by molar-refractivity contribution is 6.04. The lowest BCUT2D eigenvalue weighted by atomic mass is 9.68. The van der Waals surface area contributed by atoms with E-state index in [9.17, 15) is 9.59 Å². The zero-order valence-corrected chi connectivity index (χ0v) is 18.0. The first-order chi connectivity index (χ1) is 14.5. The maximum atomic E-state index is 13.1. The van der Waals surface area contributed by atoms with Crippen LogP contribution in [0.15, 0.2) is 48.5 Å². The van der Waals surface area contributed by atoms with Crippen molar-refractivity contribution < 1.29 is 14.3 Å². The van der Waals surface area contributed by atoms with Crippen LogP contribution in [0.2, 0.25) is 0 Å². The zero-order valence-electron chi connectivity index (χ0n) is 18.0. The average Bonchev–Trinajstić information content (AvgIpc) is 2.78. The quantitative estimate of drug-likeness (QED) is 0.627. The normalized spacial score (nSPS) is 15.4. The number of ether oxygens (including phenoxy) is 1. The van der Waals surface area contributed by atoms with Crippen LogP contribution >= 0.6 is 0 Å². The van der Waals surface area contributed by atoms with Gasteiger partial charge in [-0.2, -0.15) is 0 Å². The van der Waals surface area contributed by atoms with Crippen LogP contribution in [0.1, 0.15) is 60.0 Å². The summed E-state index contributed by atoms with van der Waals surface area (Å²) in [5.41, 5.74) is 3.03. The summed E-state index contributed by atoms with van der Waals surface area (Å²) >= 11 is 0. The Morgan fingerprint density at radius 3 is 2.27 bits per heavy atom. The molecule has 2 aromatic rings. The lowest BCUT2D eigenvalue weighted by molar-refractivity contribution is -0.128. The molecule has 30 heavy (non-hydrogen) atoms. The monoisotopic (exact) mass is 408 g/mol. The van der Waals surface area contributed by atoms with Gasteiger partial charge < -0.3 is 15.4 Å². The first-order valence-electron chi connectivity index (χ1n) is 10.8. The number of methoxy groups -OCH3 is 1. The molecule has 3 rings (SSSR count). The van der Waals surface area contributed by atoms with E-state index < -0.39 is 5.41 Å². The number of rotatable bonds is 8. The van der Waals surface area contributed by atoms with Crippen molar-refractivity contribution in [2.45, 2.75) is 50.9 Å². The van der Waals surface area contributed by atoms with E-state index in [0.717, 1.165) is 48.9 Å². The minimum atomic E-state index is -0.481. The molecule has 1 aliphatic carbocycles. The summed E-state index contributed by atoms with van der Waals surface area (Å²) in [6.07, 6.45) is 5.80. The Labute approximate surface area is 179 Å². The minimum Gasteiger partial charge on any atom is -0.385 e. The summed E-state index contributed by atoms with van der Waals surface area (Å²) in [5, 5.41) is 6.06. The summed E-state index contributed by atoms with van der Waals surface area (Å²) < 4.78 is 5.08. The van der Waals surface area contributed by atoms with Gasteiger partial charge in [-0.3, -0.25) is 9.59 Å². The van der Waals surface area contributed by atoms with Gasteiger partial charge in [-0.25, -0.2) is 0 Å². The predicted octanol–water partition coefficient (Wildman–Crippen LogP) is 4.60. The number of aryl methyl sites for hydroxylation is 1. The molecule has 0 atom stereocenters. The molecular weight excluding hydrogens is 376 g/mol. The second-order valence-corrected chi connectivity index (χ2v) is 8.14. The van der Waals surface area contributed by atoms with Gasteiger partial charge in [0.05, 0.1) is 5.41 Å². The molecule has 160 valence electrons. The Balaban J connectivity index is 1.71. The van der Waals surface area contributed by atoms with Gasteiger partial charge >= 0.3 is 0 Å². The first-order valence-corrected chi connectivity index (χ1v) is 10.8. The molecule has 0 heterocycles. The summed E-state index contributed by atoms with van der Waals surface area (Å²) in [4.78, 5) is 25.6. The van der Waals surface area contributed by atoms with Gasteiger partial charge in [-0.15, -0.1) is 0 Å². The number of benzene rings is 2. The Bertz CT molecular complexity index is 838. The molecule has 1 fully saturated rings. The molecule has 0 spiro atoms. The van der Waals surface area contributed by atoms with Crippen LogP contribution < -0.4 is 10.6 Å². The highest BCUT2D eigenvalue weighted by atomic mass is 16.5. The maximum Gasteiger partial charge on any atom is 0.255 e. The topological polar surface area (TPSA) is 67.4 Å². The van der Waals surface area contributed by atoms with E-state index in [1.165, 1.54) is 6.42 Å². The van der Waals surface area contributed by atoms with Crippen molar-refractivity contribution in [1.29, 1.82) is 0 Å². The third-order valence-corrected chi connectivity index (χ3v) is 5.96. The molecule has 0 saturated heterocycles. The minimum absolute atomic E-state index is 0.106. The Kier molecular flexibility index (Phi) is 7.63. The van der Waals surface area contributed by atoms with E-state index in [0.29, 0.717) is 18.7 Å². The van der Waals surface area contributed by atoms with Gasteiger partial charge in [0.15, 0.2) is 0 Å². The van der Waals surface area contributed by atoms with Crippen LogP contribution in [0.5, 0.6) is 0 Å². The van der Waals surface area contributed by atoms with Crippen molar-refractivity contribution in [3.63, 3.8) is 0 Å². The molecular formula is C25H32N2O3. The molecule has 5 heteroatoms. The summed E-state index contributed by atoms with van der Waals surface area (Å²) in [6, 6.07) is 15.3. The summed E-state index contributed by atoms with van der Waals surface area (Å²) in [6.45, 7) is 3.26.